The van der Waals surface area contributed by atoms with Crippen LogP contribution in [0.2, 0.25) is 0 Å². The average Bonchev–Trinajstić information content (AvgIpc) is 2.80. The quantitative estimate of drug-likeness (QED) is 0.161. The highest BCUT2D eigenvalue weighted by molar-refractivity contribution is 5.94. The van der Waals surface area contributed by atoms with E-state index in [0.717, 1.165) is 0 Å². The molecule has 0 aliphatic rings. The predicted octanol–water partition coefficient (Wildman–Crippen LogP) is -0.613. The van der Waals surface area contributed by atoms with Crippen LogP contribution in [0.25, 0.3) is 0 Å². The molecule has 0 saturated carbocycles. The summed E-state index contributed by atoms with van der Waals surface area (Å²) in [5.41, 5.74) is 6.30. The van der Waals surface area contributed by atoms with Crippen molar-refractivity contribution in [3.8, 4) is 0 Å². The zero-order chi connectivity index (χ0) is 27.4. The summed E-state index contributed by atoms with van der Waals surface area (Å²) in [5, 5.41) is 35.4. The van der Waals surface area contributed by atoms with Crippen molar-refractivity contribution in [1.82, 2.24) is 16.0 Å². The van der Waals surface area contributed by atoms with Crippen molar-refractivity contribution in [1.29, 1.82) is 0 Å². The van der Waals surface area contributed by atoms with Gasteiger partial charge in [-0.25, -0.2) is 4.79 Å². The van der Waals surface area contributed by atoms with Crippen molar-refractivity contribution in [3.63, 3.8) is 0 Å². The summed E-state index contributed by atoms with van der Waals surface area (Å²) in [7, 11) is 0. The largest absolute Gasteiger partial charge is 0.481 e. The highest BCUT2D eigenvalue weighted by Gasteiger charge is 2.31. The van der Waals surface area contributed by atoms with E-state index >= 15 is 0 Å². The molecule has 3 amide bonds. The number of aliphatic carboxylic acids is 2. The minimum Gasteiger partial charge on any atom is -0.481 e. The van der Waals surface area contributed by atoms with Gasteiger partial charge in [0.25, 0.3) is 0 Å². The number of hydrogen-bond donors (Lipinski definition) is 7. The number of rotatable bonds is 15. The number of nitrogens with one attached hydrogen (secondary N) is 3. The highest BCUT2D eigenvalue weighted by Crippen LogP contribution is 2.09. The van der Waals surface area contributed by atoms with E-state index in [1.54, 1.807) is 44.2 Å². The molecule has 0 aliphatic carbocycles. The van der Waals surface area contributed by atoms with Gasteiger partial charge in [-0.15, -0.1) is 0 Å². The zero-order valence-corrected chi connectivity index (χ0v) is 20.6. The van der Waals surface area contributed by atoms with E-state index in [1.165, 1.54) is 6.92 Å². The Balaban J connectivity index is 3.04. The van der Waals surface area contributed by atoms with Gasteiger partial charge in [0.2, 0.25) is 17.7 Å². The maximum atomic E-state index is 13.0. The molecule has 0 fully saturated rings. The standard InChI is InChI=1S/C24H36N4O8/c1-13(2)11-17(27-23(34)20(25)14(3)29)22(33)26-16(9-10-19(30)31)21(32)28-18(24(35)36)12-15-7-5-4-6-8-15/h4-8,13-14,16-18,20,29H,9-12,25H2,1-3H3,(H,26,33)(H,27,34)(H,28,32)(H,30,31)(H,35,36). The minimum absolute atomic E-state index is 0.0230. The van der Waals surface area contributed by atoms with Crippen LogP contribution in [0.15, 0.2) is 30.3 Å². The van der Waals surface area contributed by atoms with Crippen molar-refractivity contribution in [2.75, 3.05) is 0 Å². The topological polar surface area (TPSA) is 208 Å². The fourth-order valence-corrected chi connectivity index (χ4v) is 3.32. The van der Waals surface area contributed by atoms with Gasteiger partial charge >= 0.3 is 11.9 Å². The first-order valence-corrected chi connectivity index (χ1v) is 11.6. The molecule has 1 rings (SSSR count). The number of hydrogen-bond acceptors (Lipinski definition) is 7. The van der Waals surface area contributed by atoms with Crippen LogP contribution in [0.1, 0.15) is 45.6 Å². The normalized spacial score (nSPS) is 15.2. The Morgan fingerprint density at radius 3 is 1.86 bits per heavy atom. The first-order chi connectivity index (χ1) is 16.8. The van der Waals surface area contributed by atoms with E-state index in [4.69, 9.17) is 10.8 Å². The van der Waals surface area contributed by atoms with Gasteiger partial charge in [0.15, 0.2) is 0 Å². The van der Waals surface area contributed by atoms with Crippen LogP contribution in [0.4, 0.5) is 0 Å². The lowest BCUT2D eigenvalue weighted by molar-refractivity contribution is -0.143. The summed E-state index contributed by atoms with van der Waals surface area (Å²) in [6.07, 6.45) is -1.80. The van der Waals surface area contributed by atoms with Crippen LogP contribution in [0, 0.1) is 5.92 Å². The summed E-state index contributed by atoms with van der Waals surface area (Å²) >= 11 is 0. The summed E-state index contributed by atoms with van der Waals surface area (Å²) in [6.45, 7) is 4.93. The Bertz CT molecular complexity index is 907. The van der Waals surface area contributed by atoms with E-state index in [-0.39, 0.29) is 25.2 Å². The van der Waals surface area contributed by atoms with E-state index in [0.29, 0.717) is 5.56 Å². The van der Waals surface area contributed by atoms with Crippen LogP contribution in [-0.4, -0.2) is 75.3 Å². The molecule has 5 unspecified atom stereocenters. The number of carbonyl (C=O) groups excluding carboxylic acids is 3. The van der Waals surface area contributed by atoms with Gasteiger partial charge in [0.1, 0.15) is 24.2 Å². The first-order valence-electron chi connectivity index (χ1n) is 11.6. The molecule has 0 spiro atoms. The summed E-state index contributed by atoms with van der Waals surface area (Å²) in [6, 6.07) is 3.50. The molecule has 12 heteroatoms. The van der Waals surface area contributed by atoms with Gasteiger partial charge in [-0.2, -0.15) is 0 Å². The second-order valence-electron chi connectivity index (χ2n) is 9.04. The Morgan fingerprint density at radius 2 is 1.36 bits per heavy atom. The summed E-state index contributed by atoms with van der Waals surface area (Å²) in [4.78, 5) is 61.1. The fraction of sp³-hybridized carbons (Fsp3) is 0.542. The number of carboxylic acids is 2. The molecular weight excluding hydrogens is 472 g/mol. The Kier molecular flexibility index (Phi) is 12.5. The molecule has 0 aromatic heterocycles. The van der Waals surface area contributed by atoms with Crippen LogP contribution in [0.3, 0.4) is 0 Å². The zero-order valence-electron chi connectivity index (χ0n) is 20.6. The smallest absolute Gasteiger partial charge is 0.326 e. The molecule has 200 valence electrons. The van der Waals surface area contributed by atoms with Gasteiger partial charge in [-0.1, -0.05) is 44.2 Å². The second-order valence-corrected chi connectivity index (χ2v) is 9.04. The Morgan fingerprint density at radius 1 is 0.833 bits per heavy atom. The number of carbonyl (C=O) groups is 5. The molecule has 0 heterocycles. The van der Waals surface area contributed by atoms with E-state index in [9.17, 15) is 34.2 Å². The van der Waals surface area contributed by atoms with Crippen molar-refractivity contribution < 1.29 is 39.3 Å². The second kappa shape index (κ2) is 14.8. The van der Waals surface area contributed by atoms with Crippen LogP contribution >= 0.6 is 0 Å². The molecule has 36 heavy (non-hydrogen) atoms. The molecular formula is C24H36N4O8. The van der Waals surface area contributed by atoms with Gasteiger partial charge in [0.05, 0.1) is 6.10 Å². The van der Waals surface area contributed by atoms with Gasteiger partial charge in [0, 0.05) is 12.8 Å². The molecule has 0 saturated heterocycles. The molecule has 5 atom stereocenters. The highest BCUT2D eigenvalue weighted by atomic mass is 16.4. The predicted molar refractivity (Wildman–Crippen MR) is 130 cm³/mol. The van der Waals surface area contributed by atoms with E-state index in [2.05, 4.69) is 16.0 Å². The SMILES string of the molecule is CC(C)CC(NC(=O)C(N)C(C)O)C(=O)NC(CCC(=O)O)C(=O)NC(Cc1ccccc1)C(=O)O. The first kappa shape index (κ1) is 30.5. The van der Waals surface area contributed by atoms with Crippen LogP contribution in [0.5, 0.6) is 0 Å². The molecule has 0 radical (unpaired) electrons. The molecule has 1 aromatic carbocycles. The number of amides is 3. The Hall–Kier alpha value is -3.51. The average molecular weight is 509 g/mol. The Labute approximate surface area is 209 Å². The number of benzene rings is 1. The van der Waals surface area contributed by atoms with Gasteiger partial charge < -0.3 is 37.0 Å². The number of aliphatic hydroxyl groups excluding tert-OH is 1. The molecule has 8 N–H and O–H groups in total. The van der Waals surface area contributed by atoms with Gasteiger partial charge in [-0.05, 0) is 31.2 Å². The van der Waals surface area contributed by atoms with Crippen LogP contribution in [-0.2, 0) is 30.4 Å². The monoisotopic (exact) mass is 508 g/mol. The summed E-state index contributed by atoms with van der Waals surface area (Å²) in [5.74, 6) is -4.98. The number of carboxylic acid groups (broad SMARTS) is 2. The molecule has 0 bridgehead atoms. The third kappa shape index (κ3) is 10.8. The van der Waals surface area contributed by atoms with Crippen LogP contribution < -0.4 is 21.7 Å². The summed E-state index contributed by atoms with van der Waals surface area (Å²) < 4.78 is 0. The van der Waals surface area contributed by atoms with E-state index in [1.807, 2.05) is 0 Å². The lowest BCUT2D eigenvalue weighted by Gasteiger charge is -2.26. The van der Waals surface area contributed by atoms with Crippen molar-refractivity contribution >= 4 is 29.7 Å². The van der Waals surface area contributed by atoms with Crippen molar-refractivity contribution in [3.05, 3.63) is 35.9 Å². The maximum Gasteiger partial charge on any atom is 0.326 e. The van der Waals surface area contributed by atoms with Crippen molar-refractivity contribution in [2.24, 2.45) is 11.7 Å². The molecule has 12 nitrogen and oxygen atoms in total. The fourth-order valence-electron chi connectivity index (χ4n) is 3.32. The lowest BCUT2D eigenvalue weighted by atomic mass is 10.0. The minimum atomic E-state index is -1.37. The van der Waals surface area contributed by atoms with Gasteiger partial charge in [-0.3, -0.25) is 19.2 Å². The lowest BCUT2D eigenvalue weighted by Crippen LogP contribution is -2.58. The molecule has 1 aromatic rings. The maximum absolute atomic E-state index is 13.0. The van der Waals surface area contributed by atoms with Crippen molar-refractivity contribution in [2.45, 2.75) is 76.7 Å². The third-order valence-corrected chi connectivity index (χ3v) is 5.34. The molecule has 0 aliphatic heterocycles. The number of aliphatic hydroxyl groups is 1. The third-order valence-electron chi connectivity index (χ3n) is 5.34. The number of nitrogens with two attached hydrogens (primary N) is 1. The van der Waals surface area contributed by atoms with E-state index < -0.39 is 66.4 Å².